The van der Waals surface area contributed by atoms with Gasteiger partial charge in [0.25, 0.3) is 0 Å². The molecule has 4 aromatic rings. The Kier molecular flexibility index (Phi) is 5.11. The highest BCUT2D eigenvalue weighted by molar-refractivity contribution is 7.80. The largest absolute Gasteiger partial charge is 0.483 e. The lowest BCUT2D eigenvalue weighted by Crippen LogP contribution is -2.22. The lowest BCUT2D eigenvalue weighted by molar-refractivity contribution is 0.333. The minimum Gasteiger partial charge on any atom is -0.483 e. The van der Waals surface area contributed by atoms with E-state index < -0.39 is 0 Å². The van der Waals surface area contributed by atoms with E-state index in [2.05, 4.69) is 72.1 Å². The molecule has 1 aliphatic rings. The average molecular weight is 429 g/mol. The second kappa shape index (κ2) is 8.05. The van der Waals surface area contributed by atoms with E-state index in [1.165, 1.54) is 16.3 Å². The van der Waals surface area contributed by atoms with Crippen LogP contribution in [0.4, 0.5) is 0 Å². The molecule has 30 heavy (non-hydrogen) atoms. The average Bonchev–Trinajstić information content (AvgIpc) is 3.33. The molecule has 0 saturated carbocycles. The highest BCUT2D eigenvalue weighted by Gasteiger charge is 2.36. The van der Waals surface area contributed by atoms with Crippen molar-refractivity contribution in [1.29, 1.82) is 0 Å². The fraction of sp³-hybridized carbons (Fsp3) is 0.115. The second-order valence-electron chi connectivity index (χ2n) is 7.08. The number of hydrogen-bond acceptors (Lipinski definition) is 4. The van der Waals surface area contributed by atoms with Crippen LogP contribution >= 0.6 is 23.6 Å². The van der Waals surface area contributed by atoms with E-state index in [4.69, 9.17) is 21.7 Å². The molecule has 0 bridgehead atoms. The zero-order valence-corrected chi connectivity index (χ0v) is 18.1. The molecule has 0 N–H and O–H groups in total. The van der Waals surface area contributed by atoms with Gasteiger partial charge in [-0.3, -0.25) is 0 Å². The van der Waals surface area contributed by atoms with Crippen molar-refractivity contribution in [2.45, 2.75) is 12.8 Å². The van der Waals surface area contributed by atoms with Crippen LogP contribution in [0.3, 0.4) is 0 Å². The van der Waals surface area contributed by atoms with Crippen molar-refractivity contribution in [3.63, 3.8) is 0 Å². The quantitative estimate of drug-likeness (QED) is 0.320. The fourth-order valence-electron chi connectivity index (χ4n) is 4.09. The summed E-state index contributed by atoms with van der Waals surface area (Å²) in [4.78, 5) is 1.05. The summed E-state index contributed by atoms with van der Waals surface area (Å²) in [6.45, 7) is 2.48. The SMILES string of the molecule is CCOC(=S)C1=C(c2cccs2)Oc2ccc3ccccc3c2C1c1ccccc1. The molecular weight excluding hydrogens is 408 g/mol. The molecule has 0 radical (unpaired) electrons. The van der Waals surface area contributed by atoms with E-state index >= 15 is 0 Å². The molecule has 1 atom stereocenters. The highest BCUT2D eigenvalue weighted by Crippen LogP contribution is 2.49. The molecule has 1 unspecified atom stereocenters. The van der Waals surface area contributed by atoms with Gasteiger partial charge >= 0.3 is 0 Å². The van der Waals surface area contributed by atoms with Gasteiger partial charge in [-0.1, -0.05) is 66.7 Å². The lowest BCUT2D eigenvalue weighted by atomic mass is 9.80. The molecule has 1 aliphatic heterocycles. The Morgan fingerprint density at radius 1 is 0.967 bits per heavy atom. The molecule has 0 aliphatic carbocycles. The predicted octanol–water partition coefficient (Wildman–Crippen LogP) is 7.20. The molecule has 0 spiro atoms. The molecule has 148 valence electrons. The van der Waals surface area contributed by atoms with E-state index in [1.54, 1.807) is 11.3 Å². The third-order valence-corrected chi connectivity index (χ3v) is 6.54. The van der Waals surface area contributed by atoms with Crippen LogP contribution < -0.4 is 4.74 Å². The Morgan fingerprint density at radius 2 is 1.77 bits per heavy atom. The third-order valence-electron chi connectivity index (χ3n) is 5.34. The van der Waals surface area contributed by atoms with Crippen LogP contribution in [-0.2, 0) is 4.74 Å². The van der Waals surface area contributed by atoms with Crippen LogP contribution in [0.2, 0.25) is 0 Å². The Balaban J connectivity index is 1.85. The molecule has 5 rings (SSSR count). The number of hydrogen-bond donors (Lipinski definition) is 0. The van der Waals surface area contributed by atoms with Gasteiger partial charge in [-0.05, 0) is 53.0 Å². The van der Waals surface area contributed by atoms with Crippen LogP contribution in [0.15, 0.2) is 89.8 Å². The smallest absolute Gasteiger partial charge is 0.191 e. The van der Waals surface area contributed by atoms with Crippen molar-refractivity contribution in [3.8, 4) is 5.75 Å². The minimum atomic E-state index is -0.0720. The number of rotatable bonds is 4. The maximum atomic E-state index is 6.54. The Morgan fingerprint density at radius 3 is 2.53 bits per heavy atom. The summed E-state index contributed by atoms with van der Waals surface area (Å²) >= 11 is 7.44. The molecule has 2 nitrogen and oxygen atoms in total. The first kappa shape index (κ1) is 19.0. The van der Waals surface area contributed by atoms with Crippen molar-refractivity contribution < 1.29 is 9.47 Å². The van der Waals surface area contributed by atoms with Crippen molar-refractivity contribution in [1.82, 2.24) is 0 Å². The molecule has 2 heterocycles. The first-order valence-corrected chi connectivity index (χ1v) is 11.3. The molecule has 4 heteroatoms. The summed E-state index contributed by atoms with van der Waals surface area (Å²) in [7, 11) is 0. The summed E-state index contributed by atoms with van der Waals surface area (Å²) < 4.78 is 12.4. The lowest BCUT2D eigenvalue weighted by Gasteiger charge is -2.32. The molecule has 0 amide bonds. The van der Waals surface area contributed by atoms with Gasteiger partial charge in [0.2, 0.25) is 0 Å². The number of fused-ring (bicyclic) bond motifs is 3. The van der Waals surface area contributed by atoms with Gasteiger partial charge in [0.05, 0.1) is 17.1 Å². The summed E-state index contributed by atoms with van der Waals surface area (Å²) in [5.74, 6) is 1.59. The third kappa shape index (κ3) is 3.22. The zero-order chi connectivity index (χ0) is 20.5. The number of benzene rings is 3. The van der Waals surface area contributed by atoms with Gasteiger partial charge in [0, 0.05) is 11.5 Å². The topological polar surface area (TPSA) is 18.5 Å². The molecule has 3 aromatic carbocycles. The molecular formula is C26H20O2S2. The first-order valence-electron chi connectivity index (χ1n) is 9.97. The predicted molar refractivity (Wildman–Crippen MR) is 128 cm³/mol. The van der Waals surface area contributed by atoms with Crippen LogP contribution in [0.1, 0.15) is 28.8 Å². The van der Waals surface area contributed by atoms with Gasteiger partial charge in [-0.25, -0.2) is 0 Å². The standard InChI is InChI=1S/C26H20O2S2/c1-2-27-26(29)24-22(18-10-4-3-5-11-18)23-19-12-7-6-9-17(19)14-15-20(23)28-25(24)21-13-8-16-30-21/h3-16,22H,2H2,1H3. The fourth-order valence-corrected chi connectivity index (χ4v) is 5.14. The van der Waals surface area contributed by atoms with Crippen LogP contribution in [0, 0.1) is 0 Å². The second-order valence-corrected chi connectivity index (χ2v) is 8.40. The Hall–Kier alpha value is -2.95. The van der Waals surface area contributed by atoms with E-state index in [0.717, 1.165) is 27.5 Å². The number of ether oxygens (including phenoxy) is 2. The van der Waals surface area contributed by atoms with Gasteiger partial charge in [-0.2, -0.15) is 0 Å². The summed E-state index contributed by atoms with van der Waals surface area (Å²) in [6.07, 6.45) is 0. The summed E-state index contributed by atoms with van der Waals surface area (Å²) in [6, 6.07) is 27.2. The Bertz CT molecular complexity index is 1240. The number of thiophene rings is 1. The first-order chi connectivity index (χ1) is 14.8. The normalized spacial score (nSPS) is 15.6. The molecule has 0 saturated heterocycles. The highest BCUT2D eigenvalue weighted by atomic mass is 32.1. The Labute approximate surface area is 185 Å². The zero-order valence-electron chi connectivity index (χ0n) is 16.5. The van der Waals surface area contributed by atoms with Crippen LogP contribution in [0.5, 0.6) is 5.75 Å². The van der Waals surface area contributed by atoms with E-state index in [-0.39, 0.29) is 5.92 Å². The molecule has 0 fully saturated rings. The van der Waals surface area contributed by atoms with E-state index in [1.807, 2.05) is 19.1 Å². The van der Waals surface area contributed by atoms with Crippen molar-refractivity contribution in [3.05, 3.63) is 106 Å². The van der Waals surface area contributed by atoms with Crippen LogP contribution in [0.25, 0.3) is 16.5 Å². The van der Waals surface area contributed by atoms with E-state index in [0.29, 0.717) is 11.7 Å². The van der Waals surface area contributed by atoms with E-state index in [9.17, 15) is 0 Å². The minimum absolute atomic E-state index is 0.0720. The van der Waals surface area contributed by atoms with Crippen molar-refractivity contribution >= 4 is 45.1 Å². The van der Waals surface area contributed by atoms with Crippen molar-refractivity contribution in [2.24, 2.45) is 0 Å². The maximum Gasteiger partial charge on any atom is 0.191 e. The summed E-state index contributed by atoms with van der Waals surface area (Å²) in [5, 5.41) is 4.90. The van der Waals surface area contributed by atoms with Gasteiger partial charge in [-0.15, -0.1) is 11.3 Å². The summed E-state index contributed by atoms with van der Waals surface area (Å²) in [5.41, 5.74) is 3.23. The van der Waals surface area contributed by atoms with Gasteiger partial charge in [0.1, 0.15) is 5.75 Å². The van der Waals surface area contributed by atoms with Crippen molar-refractivity contribution in [2.75, 3.05) is 6.61 Å². The van der Waals surface area contributed by atoms with Crippen LogP contribution in [-0.4, -0.2) is 11.7 Å². The maximum absolute atomic E-state index is 6.54. The number of thiocarbonyl (C=S) groups is 1. The van der Waals surface area contributed by atoms with Gasteiger partial charge in [0.15, 0.2) is 10.8 Å². The van der Waals surface area contributed by atoms with Gasteiger partial charge < -0.3 is 9.47 Å². The monoisotopic (exact) mass is 428 g/mol. The molecule has 1 aromatic heterocycles.